The summed E-state index contributed by atoms with van der Waals surface area (Å²) in [4.78, 5) is 12.4. The fourth-order valence-electron chi connectivity index (χ4n) is 1.64. The lowest BCUT2D eigenvalue weighted by atomic mass is 10.2. The zero-order valence-corrected chi connectivity index (χ0v) is 12.3. The Morgan fingerprint density at radius 2 is 1.94 bits per heavy atom. The summed E-state index contributed by atoms with van der Waals surface area (Å²) < 4.78 is 0. The SMILES string of the molecule is CC(C)CN(CCN(C)C)c1ncnc(N)c1Cl. The third-order valence-corrected chi connectivity index (χ3v) is 2.86. The van der Waals surface area contributed by atoms with Gasteiger partial charge in [0.25, 0.3) is 0 Å². The van der Waals surface area contributed by atoms with Gasteiger partial charge in [-0.05, 0) is 20.0 Å². The molecule has 0 saturated heterocycles. The Kier molecular flexibility index (Phi) is 5.62. The van der Waals surface area contributed by atoms with E-state index in [4.69, 9.17) is 17.3 Å². The lowest BCUT2D eigenvalue weighted by Crippen LogP contribution is -2.35. The number of aromatic nitrogens is 2. The van der Waals surface area contributed by atoms with Crippen LogP contribution in [-0.4, -0.2) is 48.6 Å². The van der Waals surface area contributed by atoms with Crippen LogP contribution in [0.5, 0.6) is 0 Å². The molecule has 0 aliphatic heterocycles. The van der Waals surface area contributed by atoms with Gasteiger partial charge in [-0.1, -0.05) is 25.4 Å². The van der Waals surface area contributed by atoms with E-state index in [1.807, 2.05) is 14.1 Å². The summed E-state index contributed by atoms with van der Waals surface area (Å²) in [7, 11) is 4.09. The van der Waals surface area contributed by atoms with Crippen LogP contribution in [0.15, 0.2) is 6.33 Å². The molecule has 0 amide bonds. The van der Waals surface area contributed by atoms with Crippen LogP contribution in [-0.2, 0) is 0 Å². The molecule has 18 heavy (non-hydrogen) atoms. The van der Waals surface area contributed by atoms with E-state index in [1.165, 1.54) is 6.33 Å². The van der Waals surface area contributed by atoms with Gasteiger partial charge < -0.3 is 15.5 Å². The molecule has 0 radical (unpaired) electrons. The number of hydrogen-bond donors (Lipinski definition) is 1. The molecule has 0 unspecified atom stereocenters. The number of likely N-dealkylation sites (N-methyl/N-ethyl adjacent to an activating group) is 1. The van der Waals surface area contributed by atoms with Crippen LogP contribution in [0.2, 0.25) is 5.02 Å². The molecule has 0 fully saturated rings. The van der Waals surface area contributed by atoms with E-state index in [-0.39, 0.29) is 0 Å². The topological polar surface area (TPSA) is 58.3 Å². The van der Waals surface area contributed by atoms with Crippen LogP contribution in [0.25, 0.3) is 0 Å². The molecular weight excluding hydrogens is 250 g/mol. The Hall–Kier alpha value is -1.07. The molecule has 5 nitrogen and oxygen atoms in total. The molecule has 1 rings (SSSR count). The van der Waals surface area contributed by atoms with Crippen LogP contribution in [0, 0.1) is 5.92 Å². The third-order valence-electron chi connectivity index (χ3n) is 2.50. The minimum atomic E-state index is 0.334. The average molecular weight is 272 g/mol. The highest BCUT2D eigenvalue weighted by atomic mass is 35.5. The molecule has 0 bridgehead atoms. The number of nitrogens with two attached hydrogens (primary N) is 1. The second-order valence-corrected chi connectivity index (χ2v) is 5.42. The monoisotopic (exact) mass is 271 g/mol. The van der Waals surface area contributed by atoms with E-state index >= 15 is 0 Å². The van der Waals surface area contributed by atoms with Crippen molar-refractivity contribution in [2.75, 3.05) is 44.4 Å². The number of anilines is 2. The Morgan fingerprint density at radius 1 is 1.28 bits per heavy atom. The van der Waals surface area contributed by atoms with Gasteiger partial charge in [0, 0.05) is 19.6 Å². The second kappa shape index (κ2) is 6.75. The van der Waals surface area contributed by atoms with Crippen LogP contribution in [0.3, 0.4) is 0 Å². The van der Waals surface area contributed by atoms with E-state index in [1.54, 1.807) is 0 Å². The Balaban J connectivity index is 2.90. The van der Waals surface area contributed by atoms with E-state index < -0.39 is 0 Å². The maximum absolute atomic E-state index is 6.18. The van der Waals surface area contributed by atoms with Gasteiger partial charge in [-0.25, -0.2) is 9.97 Å². The maximum Gasteiger partial charge on any atom is 0.153 e. The van der Waals surface area contributed by atoms with Crippen molar-refractivity contribution in [1.29, 1.82) is 0 Å². The Labute approximate surface area is 114 Å². The van der Waals surface area contributed by atoms with Gasteiger partial charge in [0.15, 0.2) is 5.82 Å². The van der Waals surface area contributed by atoms with Crippen LogP contribution in [0.1, 0.15) is 13.8 Å². The van der Waals surface area contributed by atoms with Crippen molar-refractivity contribution >= 4 is 23.2 Å². The first-order chi connectivity index (χ1) is 8.41. The summed E-state index contributed by atoms with van der Waals surface area (Å²) in [5, 5.41) is 0.442. The fraction of sp³-hybridized carbons (Fsp3) is 0.667. The van der Waals surface area contributed by atoms with Crippen LogP contribution >= 0.6 is 11.6 Å². The average Bonchev–Trinajstić information content (AvgIpc) is 2.27. The van der Waals surface area contributed by atoms with Crippen molar-refractivity contribution in [1.82, 2.24) is 14.9 Å². The summed E-state index contributed by atoms with van der Waals surface area (Å²) in [5.74, 6) is 1.58. The Bertz CT molecular complexity index is 381. The minimum absolute atomic E-state index is 0.334. The Morgan fingerprint density at radius 3 is 2.50 bits per heavy atom. The molecule has 0 aliphatic rings. The molecule has 0 spiro atoms. The largest absolute Gasteiger partial charge is 0.382 e. The highest BCUT2D eigenvalue weighted by Crippen LogP contribution is 2.27. The van der Waals surface area contributed by atoms with E-state index in [9.17, 15) is 0 Å². The van der Waals surface area contributed by atoms with Crippen molar-refractivity contribution in [3.63, 3.8) is 0 Å². The predicted octanol–water partition coefficient (Wildman–Crippen LogP) is 1.74. The number of hydrogen-bond acceptors (Lipinski definition) is 5. The lowest BCUT2D eigenvalue weighted by Gasteiger charge is -2.27. The third kappa shape index (κ3) is 4.31. The smallest absolute Gasteiger partial charge is 0.153 e. The van der Waals surface area contributed by atoms with Crippen LogP contribution in [0.4, 0.5) is 11.6 Å². The van der Waals surface area contributed by atoms with E-state index in [0.717, 1.165) is 25.5 Å². The first-order valence-electron chi connectivity index (χ1n) is 6.07. The molecule has 2 N–H and O–H groups in total. The molecule has 1 heterocycles. The molecular formula is C12H22ClN5. The van der Waals surface area contributed by atoms with Gasteiger partial charge in [-0.15, -0.1) is 0 Å². The molecule has 1 aromatic rings. The van der Waals surface area contributed by atoms with Gasteiger partial charge in [0.05, 0.1) is 0 Å². The van der Waals surface area contributed by atoms with E-state index in [0.29, 0.717) is 16.8 Å². The first-order valence-corrected chi connectivity index (χ1v) is 6.45. The molecule has 0 atom stereocenters. The maximum atomic E-state index is 6.18. The zero-order chi connectivity index (χ0) is 13.7. The van der Waals surface area contributed by atoms with E-state index in [2.05, 4.69) is 33.6 Å². The summed E-state index contributed by atoms with van der Waals surface area (Å²) in [6.07, 6.45) is 1.46. The molecule has 102 valence electrons. The summed E-state index contributed by atoms with van der Waals surface area (Å²) >= 11 is 6.18. The molecule has 0 saturated carbocycles. The van der Waals surface area contributed by atoms with Gasteiger partial charge in [-0.2, -0.15) is 0 Å². The quantitative estimate of drug-likeness (QED) is 0.854. The molecule has 6 heteroatoms. The second-order valence-electron chi connectivity index (χ2n) is 5.04. The number of nitrogens with zero attached hydrogens (tertiary/aromatic N) is 4. The summed E-state index contributed by atoms with van der Waals surface area (Å²) in [6.45, 7) is 7.03. The van der Waals surface area contributed by atoms with Gasteiger partial charge in [0.2, 0.25) is 0 Å². The summed E-state index contributed by atoms with van der Waals surface area (Å²) in [6, 6.07) is 0. The van der Waals surface area contributed by atoms with Crippen LogP contribution < -0.4 is 10.6 Å². The van der Waals surface area contributed by atoms with Gasteiger partial charge in [0.1, 0.15) is 17.2 Å². The van der Waals surface area contributed by atoms with Crippen molar-refractivity contribution in [2.45, 2.75) is 13.8 Å². The van der Waals surface area contributed by atoms with Crippen molar-refractivity contribution in [3.05, 3.63) is 11.3 Å². The normalized spacial score (nSPS) is 11.3. The van der Waals surface area contributed by atoms with Crippen molar-refractivity contribution in [3.8, 4) is 0 Å². The predicted molar refractivity (Wildman–Crippen MR) is 77.1 cm³/mol. The summed E-state index contributed by atoms with van der Waals surface area (Å²) in [5.41, 5.74) is 5.73. The molecule has 0 aliphatic carbocycles. The first kappa shape index (κ1) is 15.0. The number of nitrogen functional groups attached to an aromatic ring is 1. The van der Waals surface area contributed by atoms with Gasteiger partial charge in [-0.3, -0.25) is 0 Å². The van der Waals surface area contributed by atoms with Gasteiger partial charge >= 0.3 is 0 Å². The van der Waals surface area contributed by atoms with Crippen molar-refractivity contribution < 1.29 is 0 Å². The molecule has 0 aromatic carbocycles. The minimum Gasteiger partial charge on any atom is -0.382 e. The fourth-order valence-corrected chi connectivity index (χ4v) is 1.86. The van der Waals surface area contributed by atoms with Crippen molar-refractivity contribution in [2.24, 2.45) is 5.92 Å². The lowest BCUT2D eigenvalue weighted by molar-refractivity contribution is 0.408. The highest BCUT2D eigenvalue weighted by Gasteiger charge is 2.15. The zero-order valence-electron chi connectivity index (χ0n) is 11.5. The number of halogens is 1. The molecule has 1 aromatic heterocycles. The standard InChI is InChI=1S/C12H22ClN5/c1-9(2)7-18(6-5-17(3)4)12-10(13)11(14)15-8-16-12/h8-9H,5-7H2,1-4H3,(H2,14,15,16). The number of rotatable bonds is 6. The highest BCUT2D eigenvalue weighted by molar-refractivity contribution is 6.35.